The molecule has 0 fully saturated rings. The van der Waals surface area contributed by atoms with Crippen LogP contribution >= 0.6 is 0 Å². The Morgan fingerprint density at radius 2 is 2.06 bits per heavy atom. The molecule has 0 aromatic heterocycles. The van der Waals surface area contributed by atoms with E-state index in [1.54, 1.807) is 24.3 Å². The van der Waals surface area contributed by atoms with Crippen molar-refractivity contribution in [1.82, 2.24) is 0 Å². The van der Waals surface area contributed by atoms with Gasteiger partial charge >= 0.3 is 0 Å². The van der Waals surface area contributed by atoms with E-state index < -0.39 is 4.92 Å². The fourth-order valence-electron chi connectivity index (χ4n) is 1.72. The Bertz CT molecular complexity index is 452. The summed E-state index contributed by atoms with van der Waals surface area (Å²) in [7, 11) is 0. The summed E-state index contributed by atoms with van der Waals surface area (Å²) in [6.07, 6.45) is 6.14. The number of aldehydes is 1. The molecule has 1 rings (SSSR count). The fourth-order valence-corrected chi connectivity index (χ4v) is 1.72. The van der Waals surface area contributed by atoms with Crippen LogP contribution in [0.3, 0.4) is 0 Å². The first-order valence-electron chi connectivity index (χ1n) is 6.08. The molecule has 4 nitrogen and oxygen atoms in total. The van der Waals surface area contributed by atoms with Gasteiger partial charge in [-0.3, -0.25) is 14.9 Å². The predicted octanol–water partition coefficient (Wildman–Crippen LogP) is 3.76. The molecule has 1 aromatic rings. The van der Waals surface area contributed by atoms with Crippen molar-refractivity contribution in [3.8, 4) is 0 Å². The van der Waals surface area contributed by atoms with Gasteiger partial charge in [-0.25, -0.2) is 0 Å². The van der Waals surface area contributed by atoms with Crippen molar-refractivity contribution >= 4 is 18.0 Å². The van der Waals surface area contributed by atoms with Gasteiger partial charge in [0.25, 0.3) is 5.69 Å². The van der Waals surface area contributed by atoms with Crippen LogP contribution in [0.15, 0.2) is 29.8 Å². The minimum Gasteiger partial charge on any atom is -0.298 e. The number of carbonyl (C=O) groups excluding carboxylic acids is 1. The van der Waals surface area contributed by atoms with E-state index in [2.05, 4.69) is 6.92 Å². The van der Waals surface area contributed by atoms with Crippen LogP contribution in [0.4, 0.5) is 5.69 Å². The van der Waals surface area contributed by atoms with Crippen LogP contribution in [0.1, 0.15) is 38.2 Å². The van der Waals surface area contributed by atoms with Gasteiger partial charge in [0.1, 0.15) is 6.29 Å². The van der Waals surface area contributed by atoms with E-state index in [0.717, 1.165) is 25.5 Å². The van der Waals surface area contributed by atoms with Crippen molar-refractivity contribution in [2.75, 3.05) is 0 Å². The van der Waals surface area contributed by atoms with Crippen LogP contribution in [0.2, 0.25) is 0 Å². The zero-order valence-corrected chi connectivity index (χ0v) is 10.5. The normalized spacial score (nSPS) is 11.3. The lowest BCUT2D eigenvalue weighted by Crippen LogP contribution is -1.92. The Hall–Kier alpha value is -1.97. The molecule has 0 amide bonds. The smallest absolute Gasteiger partial charge is 0.276 e. The Labute approximate surface area is 106 Å². The summed E-state index contributed by atoms with van der Waals surface area (Å²) >= 11 is 0. The molecule has 18 heavy (non-hydrogen) atoms. The van der Waals surface area contributed by atoms with Gasteiger partial charge in [-0.15, -0.1) is 0 Å². The molecule has 0 saturated heterocycles. The molecule has 0 spiro atoms. The molecule has 1 aromatic carbocycles. The molecule has 0 aliphatic rings. The molecule has 4 heteroatoms. The molecule has 0 saturated carbocycles. The van der Waals surface area contributed by atoms with Gasteiger partial charge in [0.05, 0.1) is 10.5 Å². The van der Waals surface area contributed by atoms with Gasteiger partial charge in [0.15, 0.2) is 0 Å². The second-order valence-corrected chi connectivity index (χ2v) is 4.11. The van der Waals surface area contributed by atoms with Crippen LogP contribution in [0, 0.1) is 10.1 Å². The number of allylic oxidation sites excluding steroid dienone is 1. The van der Waals surface area contributed by atoms with Gasteiger partial charge in [0.2, 0.25) is 0 Å². The monoisotopic (exact) mass is 247 g/mol. The third-order valence-electron chi connectivity index (χ3n) is 2.69. The topological polar surface area (TPSA) is 60.2 Å². The van der Waals surface area contributed by atoms with E-state index in [1.807, 2.05) is 0 Å². The molecule has 0 atom stereocenters. The fraction of sp³-hybridized carbons (Fsp3) is 0.357. The maximum Gasteiger partial charge on any atom is 0.276 e. The molecule has 0 unspecified atom stereocenters. The summed E-state index contributed by atoms with van der Waals surface area (Å²) in [5.41, 5.74) is 1.13. The number of hydrogen-bond acceptors (Lipinski definition) is 3. The summed E-state index contributed by atoms with van der Waals surface area (Å²) in [5, 5.41) is 10.8. The Balaban J connectivity index is 2.91. The molecular formula is C14H17NO3. The van der Waals surface area contributed by atoms with Gasteiger partial charge in [-0.05, 0) is 30.6 Å². The van der Waals surface area contributed by atoms with Crippen molar-refractivity contribution in [1.29, 1.82) is 0 Å². The molecule has 0 heterocycles. The highest BCUT2D eigenvalue weighted by Crippen LogP contribution is 2.21. The lowest BCUT2D eigenvalue weighted by molar-refractivity contribution is -0.385. The Morgan fingerprint density at radius 1 is 1.33 bits per heavy atom. The maximum absolute atomic E-state index is 10.9. The molecule has 0 bridgehead atoms. The van der Waals surface area contributed by atoms with Crippen LogP contribution in [-0.2, 0) is 4.79 Å². The highest BCUT2D eigenvalue weighted by Gasteiger charge is 2.10. The van der Waals surface area contributed by atoms with Crippen LogP contribution in [0.25, 0.3) is 6.08 Å². The first-order chi connectivity index (χ1) is 8.69. The van der Waals surface area contributed by atoms with Crippen LogP contribution in [0.5, 0.6) is 0 Å². The second kappa shape index (κ2) is 7.37. The van der Waals surface area contributed by atoms with Crippen molar-refractivity contribution in [2.24, 2.45) is 0 Å². The first kappa shape index (κ1) is 14.1. The van der Waals surface area contributed by atoms with Gasteiger partial charge in [-0.1, -0.05) is 31.9 Å². The molecule has 0 radical (unpaired) electrons. The minimum absolute atomic E-state index is 0.0346. The average molecular weight is 247 g/mol. The largest absolute Gasteiger partial charge is 0.298 e. The van der Waals surface area contributed by atoms with Crippen molar-refractivity contribution in [3.63, 3.8) is 0 Å². The lowest BCUT2D eigenvalue weighted by Gasteiger charge is -2.01. The predicted molar refractivity (Wildman–Crippen MR) is 71.3 cm³/mol. The number of para-hydroxylation sites is 1. The molecule has 0 aliphatic heterocycles. The highest BCUT2D eigenvalue weighted by molar-refractivity contribution is 5.83. The minimum atomic E-state index is -0.430. The zero-order valence-electron chi connectivity index (χ0n) is 10.5. The van der Waals surface area contributed by atoms with E-state index in [0.29, 0.717) is 17.6 Å². The first-order valence-corrected chi connectivity index (χ1v) is 6.08. The van der Waals surface area contributed by atoms with Crippen molar-refractivity contribution in [2.45, 2.75) is 32.6 Å². The number of rotatable bonds is 7. The summed E-state index contributed by atoms with van der Waals surface area (Å²) < 4.78 is 0. The van der Waals surface area contributed by atoms with Gasteiger partial charge in [-0.2, -0.15) is 0 Å². The van der Waals surface area contributed by atoms with Crippen molar-refractivity contribution < 1.29 is 9.72 Å². The van der Waals surface area contributed by atoms with E-state index in [1.165, 1.54) is 6.07 Å². The molecule has 0 aliphatic carbocycles. The van der Waals surface area contributed by atoms with Gasteiger partial charge in [0, 0.05) is 6.07 Å². The Morgan fingerprint density at radius 3 is 2.67 bits per heavy atom. The third-order valence-corrected chi connectivity index (χ3v) is 2.69. The molecular weight excluding hydrogens is 230 g/mol. The van der Waals surface area contributed by atoms with E-state index in [4.69, 9.17) is 0 Å². The third kappa shape index (κ3) is 4.13. The number of benzene rings is 1. The Kier molecular flexibility index (Phi) is 5.77. The van der Waals surface area contributed by atoms with Crippen molar-refractivity contribution in [3.05, 3.63) is 45.5 Å². The van der Waals surface area contributed by atoms with E-state index in [-0.39, 0.29) is 5.69 Å². The maximum atomic E-state index is 10.9. The quantitative estimate of drug-likeness (QED) is 0.242. The van der Waals surface area contributed by atoms with Gasteiger partial charge < -0.3 is 0 Å². The average Bonchev–Trinajstić information content (AvgIpc) is 2.38. The molecule has 0 N–H and O–H groups in total. The number of nitro groups is 1. The van der Waals surface area contributed by atoms with E-state index >= 15 is 0 Å². The zero-order chi connectivity index (χ0) is 13.4. The lowest BCUT2D eigenvalue weighted by atomic mass is 10.0. The summed E-state index contributed by atoms with van der Waals surface area (Å²) in [6.45, 7) is 2.09. The number of nitrogens with zero attached hydrogens (tertiary/aromatic N) is 1. The van der Waals surface area contributed by atoms with Crippen LogP contribution in [-0.4, -0.2) is 11.2 Å². The molecule has 96 valence electrons. The van der Waals surface area contributed by atoms with E-state index in [9.17, 15) is 14.9 Å². The number of hydrogen-bond donors (Lipinski definition) is 0. The summed E-state index contributed by atoms with van der Waals surface area (Å²) in [5.74, 6) is 0. The SMILES string of the molecule is CCCCCC(C=O)=Cc1ccccc1[N+](=O)[O-]. The second-order valence-electron chi connectivity index (χ2n) is 4.11. The summed E-state index contributed by atoms with van der Waals surface area (Å²) in [6, 6.07) is 6.45. The van der Waals surface area contributed by atoms with Crippen LogP contribution < -0.4 is 0 Å². The standard InChI is InChI=1S/C14H17NO3/c1-2-3-4-7-12(11-16)10-13-8-5-6-9-14(13)15(17)18/h5-6,8-11H,2-4,7H2,1H3. The summed E-state index contributed by atoms with van der Waals surface area (Å²) in [4.78, 5) is 21.4. The highest BCUT2D eigenvalue weighted by atomic mass is 16.6. The number of unbranched alkanes of at least 4 members (excludes halogenated alkanes) is 2. The number of carbonyl (C=O) groups is 1. The number of nitro benzene ring substituents is 1.